The highest BCUT2D eigenvalue weighted by molar-refractivity contribution is 9.10. The van der Waals surface area contributed by atoms with Crippen LogP contribution in [0.2, 0.25) is 0 Å². The molecule has 0 atom stereocenters. The second kappa shape index (κ2) is 6.06. The molecular weight excluding hydrogens is 304 g/mol. The maximum absolute atomic E-state index is 12.4. The predicted octanol–water partition coefficient (Wildman–Crippen LogP) is 3.75. The molecule has 0 bridgehead atoms. The molecule has 2 rings (SSSR count). The molecule has 4 heteroatoms. The summed E-state index contributed by atoms with van der Waals surface area (Å²) in [4.78, 5) is 17.2. The zero-order valence-corrected chi connectivity index (χ0v) is 12.7. The van der Waals surface area contributed by atoms with Gasteiger partial charge in [0.15, 0.2) is 0 Å². The third kappa shape index (κ3) is 3.47. The van der Waals surface area contributed by atoms with Crippen molar-refractivity contribution < 1.29 is 4.79 Å². The molecule has 0 unspecified atom stereocenters. The minimum absolute atomic E-state index is 0.0229. The summed E-state index contributed by atoms with van der Waals surface area (Å²) >= 11 is 3.35. The Morgan fingerprint density at radius 1 is 1.37 bits per heavy atom. The van der Waals surface area contributed by atoms with Crippen LogP contribution in [-0.4, -0.2) is 22.3 Å². The Morgan fingerprint density at radius 2 is 2.16 bits per heavy atom. The van der Waals surface area contributed by atoms with Gasteiger partial charge in [-0.3, -0.25) is 4.79 Å². The zero-order chi connectivity index (χ0) is 13.8. The van der Waals surface area contributed by atoms with Crippen LogP contribution in [0.4, 0.5) is 0 Å². The van der Waals surface area contributed by atoms with E-state index in [9.17, 15) is 4.79 Å². The molecule has 0 aliphatic rings. The summed E-state index contributed by atoms with van der Waals surface area (Å²) in [5, 5.41) is 0. The van der Waals surface area contributed by atoms with Crippen LogP contribution in [0.5, 0.6) is 0 Å². The van der Waals surface area contributed by atoms with Crippen molar-refractivity contribution in [2.24, 2.45) is 0 Å². The fraction of sp³-hybridized carbons (Fsp3) is 0.267. The fourth-order valence-electron chi connectivity index (χ4n) is 2.02. The quantitative estimate of drug-likeness (QED) is 0.915. The number of amides is 1. The van der Waals surface area contributed by atoms with Gasteiger partial charge in [0, 0.05) is 23.8 Å². The van der Waals surface area contributed by atoms with Gasteiger partial charge in [0.1, 0.15) is 5.69 Å². The summed E-state index contributed by atoms with van der Waals surface area (Å²) in [6.45, 7) is 5.37. The molecule has 19 heavy (non-hydrogen) atoms. The van der Waals surface area contributed by atoms with Gasteiger partial charge in [-0.05, 0) is 41.4 Å². The second-order valence-corrected chi connectivity index (χ2v) is 5.46. The molecule has 1 heterocycles. The molecule has 0 radical (unpaired) electrons. The molecule has 0 fully saturated rings. The number of rotatable bonds is 4. The van der Waals surface area contributed by atoms with Gasteiger partial charge in [0.2, 0.25) is 0 Å². The van der Waals surface area contributed by atoms with Crippen LogP contribution < -0.4 is 0 Å². The summed E-state index contributed by atoms with van der Waals surface area (Å²) < 4.78 is 0.891. The van der Waals surface area contributed by atoms with Crippen LogP contribution in [0.15, 0.2) is 41.0 Å². The molecule has 1 N–H and O–H groups in total. The molecule has 0 saturated carbocycles. The molecule has 1 aromatic heterocycles. The van der Waals surface area contributed by atoms with E-state index in [1.165, 1.54) is 5.56 Å². The lowest BCUT2D eigenvalue weighted by Crippen LogP contribution is -2.30. The number of nitrogens with zero attached hydrogens (tertiary/aromatic N) is 1. The van der Waals surface area contributed by atoms with Gasteiger partial charge < -0.3 is 9.88 Å². The molecule has 1 aromatic carbocycles. The van der Waals surface area contributed by atoms with Crippen molar-refractivity contribution in [1.82, 2.24) is 9.88 Å². The van der Waals surface area contributed by atoms with Crippen molar-refractivity contribution >= 4 is 21.8 Å². The van der Waals surface area contributed by atoms with Crippen molar-refractivity contribution in [3.8, 4) is 0 Å². The lowest BCUT2D eigenvalue weighted by molar-refractivity contribution is 0.0747. The largest absolute Gasteiger partial charge is 0.356 e. The lowest BCUT2D eigenvalue weighted by atomic mass is 10.1. The number of aryl methyl sites for hydroxylation is 1. The van der Waals surface area contributed by atoms with Crippen LogP contribution in [0.25, 0.3) is 0 Å². The Labute approximate surface area is 121 Å². The van der Waals surface area contributed by atoms with E-state index >= 15 is 0 Å². The van der Waals surface area contributed by atoms with E-state index in [-0.39, 0.29) is 5.91 Å². The normalized spacial score (nSPS) is 10.5. The predicted molar refractivity (Wildman–Crippen MR) is 80.1 cm³/mol. The number of carbonyl (C=O) groups excluding carboxylic acids is 1. The summed E-state index contributed by atoms with van der Waals surface area (Å²) in [5.74, 6) is 0.0229. The molecular formula is C15H17BrN2O. The maximum atomic E-state index is 12.4. The molecule has 0 aliphatic carbocycles. The van der Waals surface area contributed by atoms with E-state index in [4.69, 9.17) is 0 Å². The van der Waals surface area contributed by atoms with E-state index in [1.54, 1.807) is 12.3 Å². The van der Waals surface area contributed by atoms with Gasteiger partial charge >= 0.3 is 0 Å². The van der Waals surface area contributed by atoms with E-state index in [0.717, 1.165) is 10.0 Å². The first-order valence-electron chi connectivity index (χ1n) is 6.29. The van der Waals surface area contributed by atoms with Gasteiger partial charge in [-0.25, -0.2) is 0 Å². The molecule has 1 amide bonds. The van der Waals surface area contributed by atoms with Gasteiger partial charge in [0.05, 0.1) is 0 Å². The number of halogens is 1. The van der Waals surface area contributed by atoms with Crippen LogP contribution in [0.1, 0.15) is 28.5 Å². The number of nitrogens with one attached hydrogen (secondary N) is 1. The highest BCUT2D eigenvalue weighted by atomic mass is 79.9. The minimum Gasteiger partial charge on any atom is -0.356 e. The number of aromatic amines is 1. The van der Waals surface area contributed by atoms with Crippen LogP contribution in [0.3, 0.4) is 0 Å². The Morgan fingerprint density at radius 3 is 2.74 bits per heavy atom. The minimum atomic E-state index is 0.0229. The monoisotopic (exact) mass is 320 g/mol. The summed E-state index contributed by atoms with van der Waals surface area (Å²) in [6.07, 6.45) is 1.77. The first-order chi connectivity index (χ1) is 9.10. The molecule has 2 aromatic rings. The molecule has 3 nitrogen and oxygen atoms in total. The SMILES string of the molecule is CCN(Cc1cccc(C)c1)C(=O)c1cc(Br)c[nH]1. The summed E-state index contributed by atoms with van der Waals surface area (Å²) in [7, 11) is 0. The Kier molecular flexibility index (Phi) is 4.43. The van der Waals surface area contributed by atoms with Gasteiger partial charge in [-0.1, -0.05) is 29.8 Å². The third-order valence-electron chi connectivity index (χ3n) is 3.00. The first-order valence-corrected chi connectivity index (χ1v) is 7.08. The Balaban J connectivity index is 2.14. The number of aromatic nitrogens is 1. The van der Waals surface area contributed by atoms with Gasteiger partial charge in [-0.15, -0.1) is 0 Å². The maximum Gasteiger partial charge on any atom is 0.270 e. The van der Waals surface area contributed by atoms with Crippen molar-refractivity contribution in [2.75, 3.05) is 6.54 Å². The second-order valence-electron chi connectivity index (χ2n) is 4.54. The van der Waals surface area contributed by atoms with E-state index in [2.05, 4.69) is 40.0 Å². The Hall–Kier alpha value is -1.55. The first kappa shape index (κ1) is 13.9. The highest BCUT2D eigenvalue weighted by Crippen LogP contribution is 2.14. The molecule has 0 aliphatic heterocycles. The lowest BCUT2D eigenvalue weighted by Gasteiger charge is -2.20. The number of carbonyl (C=O) groups is 1. The number of benzene rings is 1. The van der Waals surface area contributed by atoms with E-state index < -0.39 is 0 Å². The smallest absolute Gasteiger partial charge is 0.270 e. The number of hydrogen-bond acceptors (Lipinski definition) is 1. The molecule has 100 valence electrons. The van der Waals surface area contributed by atoms with Gasteiger partial charge in [-0.2, -0.15) is 0 Å². The molecule has 0 saturated heterocycles. The van der Waals surface area contributed by atoms with Crippen molar-refractivity contribution in [3.05, 3.63) is 57.8 Å². The number of H-pyrrole nitrogens is 1. The Bertz CT molecular complexity index is 577. The van der Waals surface area contributed by atoms with Crippen molar-refractivity contribution in [1.29, 1.82) is 0 Å². The van der Waals surface area contributed by atoms with Crippen molar-refractivity contribution in [3.63, 3.8) is 0 Å². The van der Waals surface area contributed by atoms with Crippen LogP contribution in [-0.2, 0) is 6.54 Å². The van der Waals surface area contributed by atoms with E-state index in [1.807, 2.05) is 24.0 Å². The fourth-order valence-corrected chi connectivity index (χ4v) is 2.36. The average molecular weight is 321 g/mol. The standard InChI is InChI=1S/C15H17BrN2O/c1-3-18(10-12-6-4-5-11(2)7-12)15(19)14-8-13(16)9-17-14/h4-9,17H,3,10H2,1-2H3. The van der Waals surface area contributed by atoms with Crippen LogP contribution in [0, 0.1) is 6.92 Å². The summed E-state index contributed by atoms with van der Waals surface area (Å²) in [5.41, 5.74) is 2.98. The highest BCUT2D eigenvalue weighted by Gasteiger charge is 2.16. The third-order valence-corrected chi connectivity index (χ3v) is 3.46. The van der Waals surface area contributed by atoms with E-state index in [0.29, 0.717) is 18.8 Å². The van der Waals surface area contributed by atoms with Crippen molar-refractivity contribution in [2.45, 2.75) is 20.4 Å². The van der Waals surface area contributed by atoms with Crippen LogP contribution >= 0.6 is 15.9 Å². The molecule has 0 spiro atoms. The average Bonchev–Trinajstić information content (AvgIpc) is 2.82. The zero-order valence-electron chi connectivity index (χ0n) is 11.1. The summed E-state index contributed by atoms with van der Waals surface area (Å²) in [6, 6.07) is 10.0. The topological polar surface area (TPSA) is 36.1 Å². The number of hydrogen-bond donors (Lipinski definition) is 1. The van der Waals surface area contributed by atoms with Gasteiger partial charge in [0.25, 0.3) is 5.91 Å².